The highest BCUT2D eigenvalue weighted by molar-refractivity contribution is 7.99. The van der Waals surface area contributed by atoms with Gasteiger partial charge in [-0.15, -0.1) is 0 Å². The number of hydrogen-bond donors (Lipinski definition) is 2. The van der Waals surface area contributed by atoms with Gasteiger partial charge in [0.1, 0.15) is 0 Å². The summed E-state index contributed by atoms with van der Waals surface area (Å²) in [7, 11) is 0. The number of thioether (sulfide) groups is 1. The zero-order chi connectivity index (χ0) is 13.4. The number of aromatic nitrogens is 1. The van der Waals surface area contributed by atoms with E-state index in [-0.39, 0.29) is 17.2 Å². The van der Waals surface area contributed by atoms with Crippen molar-refractivity contribution in [2.45, 2.75) is 24.8 Å². The molecule has 0 spiro atoms. The van der Waals surface area contributed by atoms with Crippen LogP contribution in [0.15, 0.2) is 23.4 Å². The van der Waals surface area contributed by atoms with Crippen molar-refractivity contribution in [1.29, 1.82) is 0 Å². The zero-order valence-electron chi connectivity index (χ0n) is 10.2. The predicted molar refractivity (Wildman–Crippen MR) is 69.8 cm³/mol. The number of aromatic carboxylic acids is 1. The number of carbonyl (C=O) groups excluding carboxylic acids is 1. The van der Waals surface area contributed by atoms with Crippen molar-refractivity contribution in [3.8, 4) is 0 Å². The van der Waals surface area contributed by atoms with Gasteiger partial charge >= 0.3 is 5.97 Å². The molecule has 0 unspecified atom stereocenters. The highest BCUT2D eigenvalue weighted by Gasteiger charge is 2.06. The quantitative estimate of drug-likeness (QED) is 0.582. The number of unbranched alkanes of at least 4 members (excludes halogenated alkanes) is 1. The third-order valence-electron chi connectivity index (χ3n) is 2.19. The van der Waals surface area contributed by atoms with Crippen LogP contribution in [0.2, 0.25) is 0 Å². The lowest BCUT2D eigenvalue weighted by Gasteiger charge is -2.04. The molecule has 18 heavy (non-hydrogen) atoms. The second-order valence-corrected chi connectivity index (χ2v) is 4.68. The van der Waals surface area contributed by atoms with Crippen LogP contribution in [0, 0.1) is 0 Å². The van der Waals surface area contributed by atoms with E-state index in [4.69, 9.17) is 5.11 Å². The molecule has 0 radical (unpaired) electrons. The number of carbonyl (C=O) groups is 2. The lowest BCUT2D eigenvalue weighted by Crippen LogP contribution is -2.26. The summed E-state index contributed by atoms with van der Waals surface area (Å²) < 4.78 is 0. The fourth-order valence-corrected chi connectivity index (χ4v) is 1.94. The summed E-state index contributed by atoms with van der Waals surface area (Å²) in [5.74, 6) is -0.803. The summed E-state index contributed by atoms with van der Waals surface area (Å²) in [6.07, 6.45) is 3.43. The fraction of sp³-hybridized carbons (Fsp3) is 0.417. The van der Waals surface area contributed by atoms with Crippen molar-refractivity contribution in [2.24, 2.45) is 0 Å². The Balaban J connectivity index is 2.41. The molecular formula is C12H16N2O3S. The highest BCUT2D eigenvalue weighted by atomic mass is 32.2. The third kappa shape index (κ3) is 5.18. The monoisotopic (exact) mass is 268 g/mol. The molecule has 1 heterocycles. The molecular weight excluding hydrogens is 252 g/mol. The maximum atomic E-state index is 11.4. The van der Waals surface area contributed by atoms with Crippen LogP contribution in [0.3, 0.4) is 0 Å². The second-order valence-electron chi connectivity index (χ2n) is 3.68. The number of nitrogens with zero attached hydrogens (tertiary/aromatic N) is 1. The minimum Gasteiger partial charge on any atom is -0.478 e. The smallest absolute Gasteiger partial charge is 0.335 e. The molecule has 0 aliphatic rings. The van der Waals surface area contributed by atoms with E-state index in [2.05, 4.69) is 17.2 Å². The Bertz CT molecular complexity index is 424. The normalized spacial score (nSPS) is 10.1. The first-order valence-corrected chi connectivity index (χ1v) is 6.71. The van der Waals surface area contributed by atoms with Gasteiger partial charge in [-0.1, -0.05) is 25.1 Å². The van der Waals surface area contributed by atoms with E-state index in [9.17, 15) is 9.59 Å². The lowest BCUT2D eigenvalue weighted by molar-refractivity contribution is -0.118. The van der Waals surface area contributed by atoms with Crippen LogP contribution in [-0.4, -0.2) is 34.3 Å². The molecule has 1 aromatic rings. The first-order valence-electron chi connectivity index (χ1n) is 5.72. The summed E-state index contributed by atoms with van der Waals surface area (Å²) in [4.78, 5) is 26.2. The SMILES string of the molecule is CCCCNC(=O)CSc1cc(C(=O)O)ccn1. The first-order chi connectivity index (χ1) is 8.63. The summed E-state index contributed by atoms with van der Waals surface area (Å²) in [6.45, 7) is 2.74. The minimum absolute atomic E-state index is 0.0593. The lowest BCUT2D eigenvalue weighted by atomic mass is 10.3. The van der Waals surface area contributed by atoms with Crippen molar-refractivity contribution in [1.82, 2.24) is 10.3 Å². The molecule has 1 rings (SSSR count). The minimum atomic E-state index is -0.994. The van der Waals surface area contributed by atoms with Crippen molar-refractivity contribution >= 4 is 23.6 Å². The van der Waals surface area contributed by atoms with Crippen LogP contribution in [0.5, 0.6) is 0 Å². The number of carboxylic acid groups (broad SMARTS) is 1. The third-order valence-corrected chi connectivity index (χ3v) is 3.11. The molecule has 2 N–H and O–H groups in total. The molecule has 98 valence electrons. The second kappa shape index (κ2) is 7.71. The van der Waals surface area contributed by atoms with E-state index < -0.39 is 5.97 Å². The van der Waals surface area contributed by atoms with Gasteiger partial charge in [-0.25, -0.2) is 9.78 Å². The van der Waals surface area contributed by atoms with E-state index in [1.807, 2.05) is 0 Å². The first kappa shape index (κ1) is 14.5. The number of carboxylic acids is 1. The van der Waals surface area contributed by atoms with Gasteiger partial charge in [-0.2, -0.15) is 0 Å². The molecule has 0 aliphatic carbocycles. The average molecular weight is 268 g/mol. The molecule has 6 heteroatoms. The number of nitrogens with one attached hydrogen (secondary N) is 1. The van der Waals surface area contributed by atoms with E-state index in [0.717, 1.165) is 12.8 Å². The molecule has 1 aromatic heterocycles. The van der Waals surface area contributed by atoms with Gasteiger partial charge < -0.3 is 10.4 Å². The Labute approximate surface area is 110 Å². The Morgan fingerprint density at radius 2 is 2.28 bits per heavy atom. The van der Waals surface area contributed by atoms with Crippen molar-refractivity contribution in [3.05, 3.63) is 23.9 Å². The maximum absolute atomic E-state index is 11.4. The maximum Gasteiger partial charge on any atom is 0.335 e. The van der Waals surface area contributed by atoms with E-state index in [1.165, 1.54) is 30.1 Å². The molecule has 0 aromatic carbocycles. The van der Waals surface area contributed by atoms with E-state index >= 15 is 0 Å². The summed E-state index contributed by atoms with van der Waals surface area (Å²) in [5, 5.41) is 12.1. The summed E-state index contributed by atoms with van der Waals surface area (Å²) in [5.41, 5.74) is 0.180. The Hall–Kier alpha value is -1.56. The van der Waals surface area contributed by atoms with E-state index in [1.54, 1.807) is 0 Å². The van der Waals surface area contributed by atoms with Crippen LogP contribution >= 0.6 is 11.8 Å². The van der Waals surface area contributed by atoms with Crippen LogP contribution in [0.1, 0.15) is 30.1 Å². The van der Waals surface area contributed by atoms with Crippen LogP contribution in [-0.2, 0) is 4.79 Å². The Morgan fingerprint density at radius 3 is 2.94 bits per heavy atom. The molecule has 0 atom stereocenters. The average Bonchev–Trinajstić information content (AvgIpc) is 2.37. The molecule has 0 saturated carbocycles. The summed E-state index contributed by atoms with van der Waals surface area (Å²) >= 11 is 1.23. The predicted octanol–water partition coefficient (Wildman–Crippen LogP) is 1.79. The fourth-order valence-electron chi connectivity index (χ4n) is 1.22. The van der Waals surface area contributed by atoms with E-state index in [0.29, 0.717) is 11.6 Å². The van der Waals surface area contributed by atoms with Gasteiger partial charge in [0.15, 0.2) is 0 Å². The Kier molecular flexibility index (Phi) is 6.21. The molecule has 1 amide bonds. The van der Waals surface area contributed by atoms with Gasteiger partial charge in [-0.3, -0.25) is 4.79 Å². The van der Waals surface area contributed by atoms with Gasteiger partial charge in [0.2, 0.25) is 5.91 Å². The highest BCUT2D eigenvalue weighted by Crippen LogP contribution is 2.15. The molecule has 0 aliphatic heterocycles. The van der Waals surface area contributed by atoms with Crippen LogP contribution in [0.4, 0.5) is 0 Å². The number of hydrogen-bond acceptors (Lipinski definition) is 4. The zero-order valence-corrected chi connectivity index (χ0v) is 11.0. The van der Waals surface area contributed by atoms with Gasteiger partial charge in [0.25, 0.3) is 0 Å². The topological polar surface area (TPSA) is 79.3 Å². The number of pyridine rings is 1. The number of amides is 1. The molecule has 0 bridgehead atoms. The van der Waals surface area contributed by atoms with Gasteiger partial charge in [0.05, 0.1) is 16.3 Å². The molecule has 5 nitrogen and oxygen atoms in total. The van der Waals surface area contributed by atoms with Crippen molar-refractivity contribution in [3.63, 3.8) is 0 Å². The van der Waals surface area contributed by atoms with Gasteiger partial charge in [0, 0.05) is 12.7 Å². The largest absolute Gasteiger partial charge is 0.478 e. The Morgan fingerprint density at radius 1 is 1.50 bits per heavy atom. The molecule has 0 fully saturated rings. The summed E-state index contributed by atoms with van der Waals surface area (Å²) in [6, 6.07) is 2.89. The standard InChI is InChI=1S/C12H16N2O3S/c1-2-3-5-13-10(15)8-18-11-7-9(12(16)17)4-6-14-11/h4,6-7H,2-3,5,8H2,1H3,(H,13,15)(H,16,17). The van der Waals surface area contributed by atoms with Crippen molar-refractivity contribution < 1.29 is 14.7 Å². The van der Waals surface area contributed by atoms with Crippen LogP contribution < -0.4 is 5.32 Å². The van der Waals surface area contributed by atoms with Crippen molar-refractivity contribution in [2.75, 3.05) is 12.3 Å². The molecule has 0 saturated heterocycles. The number of rotatable bonds is 7. The van der Waals surface area contributed by atoms with Crippen LogP contribution in [0.25, 0.3) is 0 Å². The van der Waals surface area contributed by atoms with Gasteiger partial charge in [-0.05, 0) is 18.6 Å².